The molecule has 1 fully saturated rings. The van der Waals surface area contributed by atoms with E-state index in [4.69, 9.17) is 5.73 Å². The Morgan fingerprint density at radius 3 is 2.46 bits per heavy atom. The van der Waals surface area contributed by atoms with Gasteiger partial charge in [-0.05, 0) is 25.0 Å². The van der Waals surface area contributed by atoms with Crippen molar-refractivity contribution in [2.45, 2.75) is 38.4 Å². The largest absolute Gasteiger partial charge is 0.417 e. The second-order valence-electron chi connectivity index (χ2n) is 5.96. The van der Waals surface area contributed by atoms with Crippen LogP contribution in [0.5, 0.6) is 0 Å². The molecule has 1 aliphatic heterocycles. The lowest BCUT2D eigenvalue weighted by molar-refractivity contribution is -0.137. The molecule has 0 aliphatic carbocycles. The first-order chi connectivity index (χ1) is 11.3. The maximum atomic E-state index is 12.6. The zero-order chi connectivity index (χ0) is 17.7. The van der Waals surface area contributed by atoms with Crippen LogP contribution in [-0.2, 0) is 11.0 Å². The number of nitrogens with two attached hydrogens (primary N) is 1. The molecule has 1 unspecified atom stereocenters. The number of pyridine rings is 1. The maximum Gasteiger partial charge on any atom is 0.417 e. The first-order valence-electron chi connectivity index (χ1n) is 8.15. The monoisotopic (exact) mass is 416 g/mol. The average molecular weight is 417 g/mol. The van der Waals surface area contributed by atoms with Gasteiger partial charge in [-0.3, -0.25) is 4.79 Å². The summed E-state index contributed by atoms with van der Waals surface area (Å²) in [5.41, 5.74) is 5.13. The molecule has 150 valence electrons. The standard InChI is InChI=1S/C16H23F3N4O.2ClH/c1-2-4-13(20)15(24)23-8-3-7-22(9-10-23)14-6-5-12(11-21-14)16(17,18)19;;/h5-6,11,13H,2-4,7-10,20H2,1H3;2*1H. The minimum absolute atomic E-state index is 0. The van der Waals surface area contributed by atoms with Crippen LogP contribution in [-0.4, -0.2) is 48.0 Å². The van der Waals surface area contributed by atoms with Crippen molar-refractivity contribution in [3.8, 4) is 0 Å². The number of anilines is 1. The Morgan fingerprint density at radius 1 is 1.23 bits per heavy atom. The molecular formula is C16H25Cl2F3N4O. The van der Waals surface area contributed by atoms with E-state index >= 15 is 0 Å². The Bertz CT molecular complexity index is 557. The lowest BCUT2D eigenvalue weighted by Crippen LogP contribution is -2.45. The van der Waals surface area contributed by atoms with Crippen molar-refractivity contribution in [1.82, 2.24) is 9.88 Å². The molecule has 1 aromatic heterocycles. The molecular weight excluding hydrogens is 392 g/mol. The van der Waals surface area contributed by atoms with Crippen LogP contribution in [0.3, 0.4) is 0 Å². The van der Waals surface area contributed by atoms with E-state index in [1.807, 2.05) is 11.8 Å². The van der Waals surface area contributed by atoms with E-state index in [0.29, 0.717) is 38.4 Å². The van der Waals surface area contributed by atoms with Crippen molar-refractivity contribution in [3.63, 3.8) is 0 Å². The molecule has 2 heterocycles. The molecule has 0 bridgehead atoms. The van der Waals surface area contributed by atoms with Gasteiger partial charge in [0.25, 0.3) is 0 Å². The summed E-state index contributed by atoms with van der Waals surface area (Å²) in [5.74, 6) is 0.439. The van der Waals surface area contributed by atoms with Crippen molar-refractivity contribution in [1.29, 1.82) is 0 Å². The van der Waals surface area contributed by atoms with E-state index in [0.717, 1.165) is 25.1 Å². The summed E-state index contributed by atoms with van der Waals surface area (Å²) in [6.07, 6.45) is -1.31. The molecule has 0 saturated carbocycles. The van der Waals surface area contributed by atoms with Crippen LogP contribution in [0, 0.1) is 0 Å². The van der Waals surface area contributed by atoms with E-state index in [-0.39, 0.29) is 30.7 Å². The van der Waals surface area contributed by atoms with E-state index in [9.17, 15) is 18.0 Å². The predicted molar refractivity (Wildman–Crippen MR) is 100 cm³/mol. The Balaban J connectivity index is 0.00000312. The second-order valence-corrected chi connectivity index (χ2v) is 5.96. The molecule has 1 atom stereocenters. The second kappa shape index (κ2) is 10.8. The fourth-order valence-electron chi connectivity index (χ4n) is 2.78. The third kappa shape index (κ3) is 6.48. The molecule has 0 radical (unpaired) electrons. The van der Waals surface area contributed by atoms with Gasteiger partial charge in [-0.2, -0.15) is 13.2 Å². The highest BCUT2D eigenvalue weighted by Crippen LogP contribution is 2.29. The number of halogens is 5. The molecule has 0 spiro atoms. The number of hydrogen-bond donors (Lipinski definition) is 1. The fourth-order valence-corrected chi connectivity index (χ4v) is 2.78. The van der Waals surface area contributed by atoms with Crippen molar-refractivity contribution >= 4 is 36.5 Å². The molecule has 2 rings (SSSR count). The highest BCUT2D eigenvalue weighted by molar-refractivity contribution is 5.85. The van der Waals surface area contributed by atoms with Gasteiger partial charge in [0, 0.05) is 32.4 Å². The van der Waals surface area contributed by atoms with Gasteiger partial charge in [0.2, 0.25) is 5.91 Å². The lowest BCUT2D eigenvalue weighted by atomic mass is 10.1. The normalized spacial score (nSPS) is 16.2. The minimum atomic E-state index is -4.39. The van der Waals surface area contributed by atoms with Crippen molar-refractivity contribution in [2.24, 2.45) is 5.73 Å². The molecule has 0 aromatic carbocycles. The Kier molecular flexibility index (Phi) is 10.3. The van der Waals surface area contributed by atoms with Crippen LogP contribution < -0.4 is 10.6 Å². The van der Waals surface area contributed by atoms with Crippen molar-refractivity contribution < 1.29 is 18.0 Å². The smallest absolute Gasteiger partial charge is 0.355 e. The number of rotatable bonds is 4. The van der Waals surface area contributed by atoms with Crippen molar-refractivity contribution in [2.75, 3.05) is 31.1 Å². The van der Waals surface area contributed by atoms with Crippen LogP contribution in [0.4, 0.5) is 19.0 Å². The number of hydrogen-bond acceptors (Lipinski definition) is 4. The highest BCUT2D eigenvalue weighted by Gasteiger charge is 2.31. The molecule has 26 heavy (non-hydrogen) atoms. The van der Waals surface area contributed by atoms with E-state index in [2.05, 4.69) is 4.98 Å². The molecule has 1 saturated heterocycles. The Morgan fingerprint density at radius 2 is 1.92 bits per heavy atom. The van der Waals surface area contributed by atoms with Crippen LogP contribution >= 0.6 is 24.8 Å². The first-order valence-corrected chi connectivity index (χ1v) is 8.15. The number of nitrogens with zero attached hydrogens (tertiary/aromatic N) is 3. The van der Waals surface area contributed by atoms with E-state index < -0.39 is 17.8 Å². The molecule has 1 aromatic rings. The minimum Gasteiger partial charge on any atom is -0.355 e. The molecule has 2 N–H and O–H groups in total. The summed E-state index contributed by atoms with van der Waals surface area (Å²) in [5, 5.41) is 0. The number of alkyl halides is 3. The topological polar surface area (TPSA) is 62.5 Å². The third-order valence-electron chi connectivity index (χ3n) is 4.12. The number of amides is 1. The lowest BCUT2D eigenvalue weighted by Gasteiger charge is -2.25. The zero-order valence-electron chi connectivity index (χ0n) is 14.5. The first kappa shape index (κ1) is 24.8. The number of carbonyl (C=O) groups is 1. The fraction of sp³-hybridized carbons (Fsp3) is 0.625. The van der Waals surface area contributed by atoms with Gasteiger partial charge in [-0.25, -0.2) is 4.98 Å². The third-order valence-corrected chi connectivity index (χ3v) is 4.12. The summed E-state index contributed by atoms with van der Waals surface area (Å²) in [4.78, 5) is 19.8. The van der Waals surface area contributed by atoms with E-state index in [1.165, 1.54) is 6.07 Å². The van der Waals surface area contributed by atoms with Gasteiger partial charge in [-0.1, -0.05) is 13.3 Å². The molecule has 10 heteroatoms. The summed E-state index contributed by atoms with van der Waals surface area (Å²) in [7, 11) is 0. The molecule has 5 nitrogen and oxygen atoms in total. The van der Waals surface area contributed by atoms with Gasteiger partial charge in [0.15, 0.2) is 0 Å². The summed E-state index contributed by atoms with van der Waals surface area (Å²) < 4.78 is 37.8. The van der Waals surface area contributed by atoms with Crippen LogP contribution in [0.15, 0.2) is 18.3 Å². The van der Waals surface area contributed by atoms with Crippen LogP contribution in [0.2, 0.25) is 0 Å². The quantitative estimate of drug-likeness (QED) is 0.818. The average Bonchev–Trinajstić information content (AvgIpc) is 2.79. The summed E-state index contributed by atoms with van der Waals surface area (Å²) in [6, 6.07) is 1.93. The van der Waals surface area contributed by atoms with Gasteiger partial charge in [-0.15, -0.1) is 24.8 Å². The van der Waals surface area contributed by atoms with Gasteiger partial charge in [0.1, 0.15) is 5.82 Å². The predicted octanol–water partition coefficient (Wildman–Crippen LogP) is 3.11. The van der Waals surface area contributed by atoms with E-state index in [1.54, 1.807) is 4.90 Å². The number of aromatic nitrogens is 1. The molecule has 1 amide bonds. The highest BCUT2D eigenvalue weighted by atomic mass is 35.5. The van der Waals surface area contributed by atoms with Crippen molar-refractivity contribution in [3.05, 3.63) is 23.9 Å². The van der Waals surface area contributed by atoms with Gasteiger partial charge < -0.3 is 15.5 Å². The number of carbonyl (C=O) groups excluding carboxylic acids is 1. The Labute approximate surface area is 163 Å². The van der Waals surface area contributed by atoms with Gasteiger partial charge in [0.05, 0.1) is 11.6 Å². The SMILES string of the molecule is CCCC(N)C(=O)N1CCCN(c2ccc(C(F)(F)F)cn2)CC1.Cl.Cl. The zero-order valence-corrected chi connectivity index (χ0v) is 16.2. The van der Waals surface area contributed by atoms with Crippen LogP contribution in [0.1, 0.15) is 31.7 Å². The van der Waals surface area contributed by atoms with Crippen LogP contribution in [0.25, 0.3) is 0 Å². The molecule has 1 aliphatic rings. The van der Waals surface area contributed by atoms with Gasteiger partial charge >= 0.3 is 6.18 Å². The summed E-state index contributed by atoms with van der Waals surface area (Å²) in [6.45, 7) is 4.26. The maximum absolute atomic E-state index is 12.6. The Hall–Kier alpha value is -1.25. The summed E-state index contributed by atoms with van der Waals surface area (Å²) >= 11 is 0.